The van der Waals surface area contributed by atoms with Crippen LogP contribution in [0.4, 0.5) is 0 Å². The molecule has 0 heterocycles. The van der Waals surface area contributed by atoms with Crippen molar-refractivity contribution < 1.29 is 19.1 Å². The number of esters is 2. The lowest BCUT2D eigenvalue weighted by Crippen LogP contribution is -2.51. The first-order valence-electron chi connectivity index (χ1n) is 11.9. The molecule has 0 saturated heterocycles. The smallest absolute Gasteiger partial charge is 0.305 e. The molecule has 4 rings (SSSR count). The van der Waals surface area contributed by atoms with Crippen molar-refractivity contribution in [3.63, 3.8) is 0 Å². The first-order chi connectivity index (χ1) is 13.8. The zero-order chi connectivity index (χ0) is 20.8. The van der Waals surface area contributed by atoms with E-state index in [0.29, 0.717) is 30.6 Å². The first kappa shape index (κ1) is 20.9. The summed E-state index contributed by atoms with van der Waals surface area (Å²) in [5.74, 6) is 1.95. The number of allylic oxidation sites excluding steroid dienone is 1. The van der Waals surface area contributed by atoms with E-state index in [0.717, 1.165) is 38.5 Å². The fourth-order valence-electron chi connectivity index (χ4n) is 7.38. The van der Waals surface area contributed by atoms with Crippen LogP contribution in [0.15, 0.2) is 11.6 Å². The standard InChI is InChI=1S/C25H38O4/c1-5-22(26)28-17-11-13-24(3)16(15-17)7-8-18-19-9-10-21(29-23(27)6-2)25(19,4)14-12-20(18)24/h7,17-21H,5-6,8-15H2,1-4H3/t17-,18+,19+,20+,21-,24+,25+/m1/s1. The van der Waals surface area contributed by atoms with E-state index >= 15 is 0 Å². The van der Waals surface area contributed by atoms with Gasteiger partial charge in [-0.3, -0.25) is 9.59 Å². The largest absolute Gasteiger partial charge is 0.462 e. The molecule has 4 nitrogen and oxygen atoms in total. The summed E-state index contributed by atoms with van der Waals surface area (Å²) in [5.41, 5.74) is 1.92. The molecule has 0 unspecified atom stereocenters. The van der Waals surface area contributed by atoms with Crippen LogP contribution < -0.4 is 0 Å². The fraction of sp³-hybridized carbons (Fsp3) is 0.840. The average molecular weight is 403 g/mol. The average Bonchev–Trinajstić information content (AvgIpc) is 3.04. The van der Waals surface area contributed by atoms with E-state index in [1.165, 1.54) is 18.4 Å². The highest BCUT2D eigenvalue weighted by Crippen LogP contribution is 2.65. The summed E-state index contributed by atoms with van der Waals surface area (Å²) in [4.78, 5) is 23.7. The number of rotatable bonds is 4. The Bertz CT molecular complexity index is 697. The Hall–Kier alpha value is -1.32. The first-order valence-corrected chi connectivity index (χ1v) is 11.9. The molecule has 29 heavy (non-hydrogen) atoms. The molecule has 7 atom stereocenters. The highest BCUT2D eigenvalue weighted by atomic mass is 16.5. The number of hydrogen-bond donors (Lipinski definition) is 0. The van der Waals surface area contributed by atoms with Crippen molar-refractivity contribution in [2.75, 3.05) is 0 Å². The second-order valence-corrected chi connectivity index (χ2v) is 10.4. The van der Waals surface area contributed by atoms with Crippen LogP contribution in [0.2, 0.25) is 0 Å². The molecule has 3 saturated carbocycles. The van der Waals surface area contributed by atoms with Crippen molar-refractivity contribution in [2.24, 2.45) is 28.6 Å². The van der Waals surface area contributed by atoms with Crippen LogP contribution in [-0.4, -0.2) is 24.1 Å². The predicted molar refractivity (Wildman–Crippen MR) is 112 cm³/mol. The number of fused-ring (bicyclic) bond motifs is 5. The number of ether oxygens (including phenoxy) is 2. The van der Waals surface area contributed by atoms with E-state index in [2.05, 4.69) is 19.9 Å². The van der Waals surface area contributed by atoms with Gasteiger partial charge in [0.15, 0.2) is 0 Å². The molecule has 0 aromatic rings. The van der Waals surface area contributed by atoms with Crippen molar-refractivity contribution in [2.45, 2.75) is 104 Å². The van der Waals surface area contributed by atoms with Gasteiger partial charge in [0.05, 0.1) is 0 Å². The molecule has 0 amide bonds. The molecule has 0 radical (unpaired) electrons. The summed E-state index contributed by atoms with van der Waals surface area (Å²) in [6.45, 7) is 8.61. The van der Waals surface area contributed by atoms with Crippen LogP contribution in [-0.2, 0) is 19.1 Å². The summed E-state index contributed by atoms with van der Waals surface area (Å²) >= 11 is 0. The molecule has 0 spiro atoms. The van der Waals surface area contributed by atoms with Gasteiger partial charge in [-0.15, -0.1) is 0 Å². The van der Waals surface area contributed by atoms with Gasteiger partial charge in [0.1, 0.15) is 12.2 Å². The third-order valence-electron chi connectivity index (χ3n) is 9.12. The Balaban J connectivity index is 1.51. The van der Waals surface area contributed by atoms with Crippen molar-refractivity contribution in [3.8, 4) is 0 Å². The fourth-order valence-corrected chi connectivity index (χ4v) is 7.38. The Morgan fingerprint density at radius 1 is 0.966 bits per heavy atom. The minimum absolute atomic E-state index is 0.0447. The summed E-state index contributed by atoms with van der Waals surface area (Å²) < 4.78 is 11.6. The van der Waals surface area contributed by atoms with Gasteiger partial charge in [0, 0.05) is 24.7 Å². The highest BCUT2D eigenvalue weighted by Gasteiger charge is 2.59. The molecule has 3 fully saturated rings. The van der Waals surface area contributed by atoms with Crippen LogP contribution in [0.25, 0.3) is 0 Å². The molecule has 0 aliphatic heterocycles. The van der Waals surface area contributed by atoms with Gasteiger partial charge < -0.3 is 9.47 Å². The van der Waals surface area contributed by atoms with Crippen molar-refractivity contribution >= 4 is 11.9 Å². The molecule has 4 aliphatic carbocycles. The van der Waals surface area contributed by atoms with Crippen LogP contribution in [0.3, 0.4) is 0 Å². The zero-order valence-corrected chi connectivity index (χ0v) is 18.7. The quantitative estimate of drug-likeness (QED) is 0.454. The topological polar surface area (TPSA) is 52.6 Å². The Kier molecular flexibility index (Phi) is 5.59. The maximum Gasteiger partial charge on any atom is 0.305 e. The second kappa shape index (κ2) is 7.74. The summed E-state index contributed by atoms with van der Waals surface area (Å²) in [5, 5.41) is 0. The Labute approximate surface area is 175 Å². The Morgan fingerprint density at radius 3 is 2.41 bits per heavy atom. The molecule has 4 aliphatic rings. The van der Waals surface area contributed by atoms with Crippen LogP contribution >= 0.6 is 0 Å². The van der Waals surface area contributed by atoms with E-state index < -0.39 is 0 Å². The molecule has 162 valence electrons. The SMILES string of the molecule is CCC(=O)O[C@@H]1CC[C@@]2(C)C(=CC[C@H]3[C@@H]4CC[C@@H](OC(=O)CC)[C@@]4(C)CC[C@@H]32)C1. The molecule has 4 heteroatoms. The van der Waals surface area contributed by atoms with Crippen molar-refractivity contribution in [1.82, 2.24) is 0 Å². The minimum Gasteiger partial charge on any atom is -0.462 e. The van der Waals surface area contributed by atoms with Gasteiger partial charge in [-0.1, -0.05) is 39.3 Å². The van der Waals surface area contributed by atoms with E-state index in [4.69, 9.17) is 9.47 Å². The zero-order valence-electron chi connectivity index (χ0n) is 18.7. The van der Waals surface area contributed by atoms with Crippen LogP contribution in [0.5, 0.6) is 0 Å². The molecule has 0 aromatic carbocycles. The van der Waals surface area contributed by atoms with Gasteiger partial charge in [0.25, 0.3) is 0 Å². The minimum atomic E-state index is -0.0695. The predicted octanol–water partition coefficient (Wildman–Crippen LogP) is 5.59. The molecule has 0 bridgehead atoms. The Morgan fingerprint density at radius 2 is 1.69 bits per heavy atom. The third kappa shape index (κ3) is 3.45. The summed E-state index contributed by atoms with van der Waals surface area (Å²) in [6, 6.07) is 0. The molecular weight excluding hydrogens is 364 g/mol. The van der Waals surface area contributed by atoms with Gasteiger partial charge in [-0.05, 0) is 68.1 Å². The van der Waals surface area contributed by atoms with Crippen LogP contribution in [0.1, 0.15) is 91.9 Å². The van der Waals surface area contributed by atoms with E-state index in [-0.39, 0.29) is 35.0 Å². The van der Waals surface area contributed by atoms with Crippen LogP contribution in [0, 0.1) is 28.6 Å². The normalized spacial score (nSPS) is 43.4. The van der Waals surface area contributed by atoms with Crippen molar-refractivity contribution in [3.05, 3.63) is 11.6 Å². The molecule has 0 aromatic heterocycles. The van der Waals surface area contributed by atoms with Gasteiger partial charge in [0.2, 0.25) is 0 Å². The number of hydrogen-bond acceptors (Lipinski definition) is 4. The molecule has 0 N–H and O–H groups in total. The summed E-state index contributed by atoms with van der Waals surface area (Å²) in [7, 11) is 0. The maximum atomic E-state index is 12.0. The summed E-state index contributed by atoms with van der Waals surface area (Å²) in [6.07, 6.45) is 12.4. The molecular formula is C25H38O4. The third-order valence-corrected chi connectivity index (χ3v) is 9.12. The van der Waals surface area contributed by atoms with E-state index in [1.807, 2.05) is 13.8 Å². The lowest BCUT2D eigenvalue weighted by atomic mass is 9.48. The maximum absolute atomic E-state index is 12.0. The number of carbonyl (C=O) groups excluding carboxylic acids is 2. The van der Waals surface area contributed by atoms with Gasteiger partial charge >= 0.3 is 11.9 Å². The van der Waals surface area contributed by atoms with Gasteiger partial charge in [-0.25, -0.2) is 0 Å². The monoisotopic (exact) mass is 402 g/mol. The lowest BCUT2D eigenvalue weighted by Gasteiger charge is -2.57. The van der Waals surface area contributed by atoms with Gasteiger partial charge in [-0.2, -0.15) is 0 Å². The lowest BCUT2D eigenvalue weighted by molar-refractivity contribution is -0.159. The van der Waals surface area contributed by atoms with E-state index in [9.17, 15) is 9.59 Å². The second-order valence-electron chi connectivity index (χ2n) is 10.4. The highest BCUT2D eigenvalue weighted by molar-refractivity contribution is 5.69. The van der Waals surface area contributed by atoms with Crippen molar-refractivity contribution in [1.29, 1.82) is 0 Å². The number of carbonyl (C=O) groups is 2. The van der Waals surface area contributed by atoms with E-state index in [1.54, 1.807) is 0 Å².